The van der Waals surface area contributed by atoms with E-state index in [4.69, 9.17) is 5.73 Å². The molecule has 0 aliphatic heterocycles. The Morgan fingerprint density at radius 1 is 0.966 bits per heavy atom. The Hall–Kier alpha value is -3.45. The summed E-state index contributed by atoms with van der Waals surface area (Å²) in [5, 5.41) is 0. The minimum absolute atomic E-state index is 0.0132. The molecule has 0 spiro atoms. The summed E-state index contributed by atoms with van der Waals surface area (Å²) in [7, 11) is -3.82. The van der Waals surface area contributed by atoms with E-state index in [9.17, 15) is 13.2 Å². The molecule has 146 valence electrons. The number of fused-ring (bicyclic) bond motifs is 1. The van der Waals surface area contributed by atoms with Crippen molar-refractivity contribution in [2.75, 3.05) is 0 Å². The van der Waals surface area contributed by atoms with Crippen LogP contribution in [0.3, 0.4) is 0 Å². The highest BCUT2D eigenvalue weighted by molar-refractivity contribution is 7.91. The highest BCUT2D eigenvalue weighted by Crippen LogP contribution is 2.28. The van der Waals surface area contributed by atoms with Gasteiger partial charge in [-0.2, -0.15) is 0 Å². The van der Waals surface area contributed by atoms with E-state index in [-0.39, 0.29) is 15.4 Å². The Balaban J connectivity index is 1.96. The molecule has 0 saturated heterocycles. The summed E-state index contributed by atoms with van der Waals surface area (Å²) in [6.45, 7) is 2.31. The number of aryl methyl sites for hydroxylation is 1. The van der Waals surface area contributed by atoms with Crippen molar-refractivity contribution in [1.82, 2.24) is 9.55 Å². The summed E-state index contributed by atoms with van der Waals surface area (Å²) in [6.07, 6.45) is 0. The molecule has 0 fully saturated rings. The van der Waals surface area contributed by atoms with Crippen LogP contribution in [0.2, 0.25) is 0 Å². The molecule has 0 radical (unpaired) electrons. The number of sulfone groups is 1. The topological polar surface area (TPSA) is 95.1 Å². The molecule has 0 aliphatic carbocycles. The van der Waals surface area contributed by atoms with Crippen LogP contribution in [0.5, 0.6) is 0 Å². The molecule has 29 heavy (non-hydrogen) atoms. The molecule has 7 heteroatoms. The second kappa shape index (κ2) is 7.18. The fraction of sp³-hybridized carbons (Fsp3) is 0.0909. The third kappa shape index (κ3) is 3.40. The number of rotatable bonds is 5. The highest BCUT2D eigenvalue weighted by Gasteiger charge is 2.23. The monoisotopic (exact) mass is 405 g/mol. The maximum absolute atomic E-state index is 13.1. The van der Waals surface area contributed by atoms with Crippen molar-refractivity contribution in [3.05, 3.63) is 89.7 Å². The Kier molecular flexibility index (Phi) is 4.68. The Morgan fingerprint density at radius 3 is 2.21 bits per heavy atom. The zero-order valence-corrected chi connectivity index (χ0v) is 16.6. The molecule has 1 aromatic heterocycles. The van der Waals surface area contributed by atoms with Gasteiger partial charge in [-0.05, 0) is 36.8 Å². The minimum Gasteiger partial charge on any atom is -0.366 e. The maximum atomic E-state index is 13.1. The standard InChI is InChI=1S/C22H19N3O3S/c1-15-24-21-19(22(23)26)12-18(29(27,28)17-10-6-3-7-11-17)13-20(21)25(15)14-16-8-4-2-5-9-16/h2-13H,14H2,1H3,(H2,23,26). The fourth-order valence-electron chi connectivity index (χ4n) is 3.36. The molecular formula is C22H19N3O3S. The van der Waals surface area contributed by atoms with E-state index in [1.165, 1.54) is 18.2 Å². The first-order chi connectivity index (χ1) is 13.9. The summed E-state index contributed by atoms with van der Waals surface area (Å²) >= 11 is 0. The highest BCUT2D eigenvalue weighted by atomic mass is 32.2. The first-order valence-corrected chi connectivity index (χ1v) is 10.5. The molecule has 6 nitrogen and oxygen atoms in total. The molecule has 0 bridgehead atoms. The molecule has 3 aromatic carbocycles. The van der Waals surface area contributed by atoms with Crippen LogP contribution in [0.15, 0.2) is 82.6 Å². The number of primary amides is 1. The molecule has 4 rings (SSSR count). The molecule has 0 aliphatic rings. The van der Waals surface area contributed by atoms with Crippen LogP contribution in [-0.2, 0) is 16.4 Å². The lowest BCUT2D eigenvalue weighted by molar-refractivity contribution is 0.100. The number of hydrogen-bond donors (Lipinski definition) is 1. The number of nitrogens with zero attached hydrogens (tertiary/aromatic N) is 2. The number of benzene rings is 3. The van der Waals surface area contributed by atoms with Crippen LogP contribution in [0, 0.1) is 6.92 Å². The maximum Gasteiger partial charge on any atom is 0.251 e. The van der Waals surface area contributed by atoms with Crippen molar-refractivity contribution in [2.45, 2.75) is 23.3 Å². The predicted molar refractivity (Wildman–Crippen MR) is 110 cm³/mol. The van der Waals surface area contributed by atoms with Crippen molar-refractivity contribution in [3.8, 4) is 0 Å². The van der Waals surface area contributed by atoms with Gasteiger partial charge in [-0.3, -0.25) is 4.79 Å². The third-order valence-corrected chi connectivity index (χ3v) is 6.58. The van der Waals surface area contributed by atoms with Crippen LogP contribution in [0.1, 0.15) is 21.7 Å². The lowest BCUT2D eigenvalue weighted by Gasteiger charge is -2.10. The van der Waals surface area contributed by atoms with Gasteiger partial charge in [-0.25, -0.2) is 13.4 Å². The van der Waals surface area contributed by atoms with E-state index in [1.807, 2.05) is 41.8 Å². The minimum atomic E-state index is -3.82. The van der Waals surface area contributed by atoms with Gasteiger partial charge in [0, 0.05) is 6.54 Å². The Bertz CT molecular complexity index is 1310. The second-order valence-electron chi connectivity index (χ2n) is 6.75. The van der Waals surface area contributed by atoms with Crippen LogP contribution in [0.25, 0.3) is 11.0 Å². The van der Waals surface area contributed by atoms with E-state index in [2.05, 4.69) is 4.98 Å². The van der Waals surface area contributed by atoms with Gasteiger partial charge in [0.25, 0.3) is 5.91 Å². The van der Waals surface area contributed by atoms with Crippen LogP contribution < -0.4 is 5.73 Å². The lowest BCUT2D eigenvalue weighted by Crippen LogP contribution is -2.13. The number of nitrogens with two attached hydrogens (primary N) is 1. The number of carbonyl (C=O) groups is 1. The number of amides is 1. The van der Waals surface area contributed by atoms with Gasteiger partial charge in [0.1, 0.15) is 11.3 Å². The Labute approximate surface area is 168 Å². The van der Waals surface area contributed by atoms with Gasteiger partial charge >= 0.3 is 0 Å². The summed E-state index contributed by atoms with van der Waals surface area (Å²) < 4.78 is 28.2. The van der Waals surface area contributed by atoms with E-state index in [0.29, 0.717) is 23.4 Å². The summed E-state index contributed by atoms with van der Waals surface area (Å²) in [4.78, 5) is 16.7. The molecule has 0 unspecified atom stereocenters. The largest absolute Gasteiger partial charge is 0.366 e. The quantitative estimate of drug-likeness (QED) is 0.551. The molecule has 1 amide bonds. The Morgan fingerprint density at radius 2 is 1.59 bits per heavy atom. The van der Waals surface area contributed by atoms with Gasteiger partial charge in [-0.1, -0.05) is 48.5 Å². The predicted octanol–water partition coefficient (Wildman–Crippen LogP) is 3.32. The van der Waals surface area contributed by atoms with Gasteiger partial charge < -0.3 is 10.3 Å². The number of aromatic nitrogens is 2. The number of carbonyl (C=O) groups excluding carboxylic acids is 1. The molecule has 2 N–H and O–H groups in total. The average Bonchev–Trinajstić information content (AvgIpc) is 3.04. The second-order valence-corrected chi connectivity index (χ2v) is 8.70. The number of imidazole rings is 1. The summed E-state index contributed by atoms with van der Waals surface area (Å²) in [5.74, 6) is -0.0508. The summed E-state index contributed by atoms with van der Waals surface area (Å²) in [5.41, 5.74) is 7.64. The first-order valence-electron chi connectivity index (χ1n) is 9.02. The molecular weight excluding hydrogens is 386 g/mol. The van der Waals surface area contributed by atoms with E-state index in [0.717, 1.165) is 5.56 Å². The van der Waals surface area contributed by atoms with Gasteiger partial charge in [0.2, 0.25) is 9.84 Å². The zero-order valence-electron chi connectivity index (χ0n) is 15.7. The SMILES string of the molecule is Cc1nc2c(C(N)=O)cc(S(=O)(=O)c3ccccc3)cc2n1Cc1ccccc1. The molecule has 0 saturated carbocycles. The van der Waals surface area contributed by atoms with Crippen molar-refractivity contribution in [1.29, 1.82) is 0 Å². The van der Waals surface area contributed by atoms with Crippen LogP contribution >= 0.6 is 0 Å². The zero-order chi connectivity index (χ0) is 20.6. The van der Waals surface area contributed by atoms with E-state index in [1.54, 1.807) is 24.3 Å². The van der Waals surface area contributed by atoms with Gasteiger partial charge in [-0.15, -0.1) is 0 Å². The smallest absolute Gasteiger partial charge is 0.251 e. The van der Waals surface area contributed by atoms with Gasteiger partial charge in [0.05, 0.1) is 20.9 Å². The van der Waals surface area contributed by atoms with Crippen LogP contribution in [-0.4, -0.2) is 23.9 Å². The third-order valence-electron chi connectivity index (χ3n) is 4.83. The van der Waals surface area contributed by atoms with Crippen molar-refractivity contribution < 1.29 is 13.2 Å². The van der Waals surface area contributed by atoms with Gasteiger partial charge in [0.15, 0.2) is 0 Å². The number of hydrogen-bond acceptors (Lipinski definition) is 4. The molecule has 0 atom stereocenters. The lowest BCUT2D eigenvalue weighted by atomic mass is 10.1. The molecule has 4 aromatic rings. The summed E-state index contributed by atoms with van der Waals surface area (Å²) in [6, 6.07) is 20.7. The van der Waals surface area contributed by atoms with Crippen molar-refractivity contribution in [3.63, 3.8) is 0 Å². The first kappa shape index (κ1) is 18.9. The van der Waals surface area contributed by atoms with E-state index >= 15 is 0 Å². The average molecular weight is 405 g/mol. The van der Waals surface area contributed by atoms with Crippen molar-refractivity contribution >= 4 is 26.8 Å². The van der Waals surface area contributed by atoms with Crippen LogP contribution in [0.4, 0.5) is 0 Å². The van der Waals surface area contributed by atoms with Crippen molar-refractivity contribution in [2.24, 2.45) is 5.73 Å². The fourth-order valence-corrected chi connectivity index (χ4v) is 4.68. The van der Waals surface area contributed by atoms with E-state index < -0.39 is 15.7 Å². The normalized spacial score (nSPS) is 11.6. The molecule has 1 heterocycles.